The normalized spacial score (nSPS) is 22.6. The van der Waals surface area contributed by atoms with Crippen LogP contribution < -0.4 is 10.3 Å². The molecule has 0 atom stereocenters. The zero-order chi connectivity index (χ0) is 15.0. The Kier molecular flexibility index (Phi) is 3.85. The van der Waals surface area contributed by atoms with E-state index in [0.717, 1.165) is 40.2 Å². The number of pyridine rings is 1. The Morgan fingerprint density at radius 3 is 2.67 bits per heavy atom. The minimum absolute atomic E-state index is 0.219. The summed E-state index contributed by atoms with van der Waals surface area (Å²) < 4.78 is 0. The number of piperidine rings is 1. The molecule has 1 saturated heterocycles. The van der Waals surface area contributed by atoms with Crippen molar-refractivity contribution in [1.82, 2.24) is 4.98 Å². The third kappa shape index (κ3) is 2.88. The number of rotatable bonds is 2. The van der Waals surface area contributed by atoms with Gasteiger partial charge in [-0.05, 0) is 44.7 Å². The Hall–Kier alpha value is -1.61. The number of H-pyrrole nitrogens is 1. The van der Waals surface area contributed by atoms with Crippen LogP contribution in [0.3, 0.4) is 0 Å². The monoisotopic (exact) mass is 285 g/mol. The molecule has 2 aromatic rings. The molecule has 2 heterocycles. The van der Waals surface area contributed by atoms with Gasteiger partial charge >= 0.3 is 0 Å². The van der Waals surface area contributed by atoms with Crippen LogP contribution in [0, 0.1) is 19.8 Å². The lowest BCUT2D eigenvalue weighted by atomic mass is 9.98. The first kappa shape index (κ1) is 14.3. The van der Waals surface area contributed by atoms with Gasteiger partial charge in [0.15, 0.2) is 5.43 Å². The number of benzene rings is 1. The van der Waals surface area contributed by atoms with E-state index < -0.39 is 0 Å². The Balaban J connectivity index is 1.96. The highest BCUT2D eigenvalue weighted by Gasteiger charge is 2.21. The van der Waals surface area contributed by atoms with E-state index >= 15 is 0 Å². The van der Waals surface area contributed by atoms with E-state index in [1.807, 2.05) is 26.0 Å². The number of aromatic amines is 1. The first-order valence-electron chi connectivity index (χ1n) is 8.00. The molecule has 21 heavy (non-hydrogen) atoms. The summed E-state index contributed by atoms with van der Waals surface area (Å²) in [5.41, 5.74) is 4.31. The molecule has 1 aromatic heterocycles. The second-order valence-electron chi connectivity index (χ2n) is 6.72. The van der Waals surface area contributed by atoms with Crippen LogP contribution in [0.1, 0.15) is 36.6 Å². The maximum atomic E-state index is 12.8. The smallest absolute Gasteiger partial charge is 0.198 e. The van der Waals surface area contributed by atoms with Crippen LogP contribution in [0.2, 0.25) is 0 Å². The van der Waals surface area contributed by atoms with Gasteiger partial charge in [0.1, 0.15) is 6.54 Å². The van der Waals surface area contributed by atoms with Crippen LogP contribution in [0.4, 0.5) is 0 Å². The molecule has 1 aromatic carbocycles. The minimum atomic E-state index is 0.219. The van der Waals surface area contributed by atoms with Crippen LogP contribution in [0.15, 0.2) is 23.0 Å². The van der Waals surface area contributed by atoms with Gasteiger partial charge in [-0.2, -0.15) is 0 Å². The molecule has 0 saturated carbocycles. The molecule has 0 unspecified atom stereocenters. The molecule has 3 heteroatoms. The van der Waals surface area contributed by atoms with Crippen molar-refractivity contribution in [3.63, 3.8) is 0 Å². The minimum Gasteiger partial charge on any atom is -0.358 e. The summed E-state index contributed by atoms with van der Waals surface area (Å²) in [5.74, 6) is 0.840. The predicted molar refractivity (Wildman–Crippen MR) is 86.8 cm³/mol. The van der Waals surface area contributed by atoms with E-state index in [4.69, 9.17) is 0 Å². The number of hydrogen-bond donors (Lipinski definition) is 2. The largest absolute Gasteiger partial charge is 0.358 e. The highest BCUT2D eigenvalue weighted by atomic mass is 16.1. The Bertz CT molecular complexity index is 709. The molecule has 1 fully saturated rings. The molecule has 3 nitrogen and oxygen atoms in total. The van der Waals surface area contributed by atoms with E-state index in [-0.39, 0.29) is 5.43 Å². The average molecular weight is 285 g/mol. The highest BCUT2D eigenvalue weighted by Crippen LogP contribution is 2.13. The summed E-state index contributed by atoms with van der Waals surface area (Å²) in [6.07, 6.45) is 2.55. The van der Waals surface area contributed by atoms with Crippen LogP contribution >= 0.6 is 0 Å². The quantitative estimate of drug-likeness (QED) is 0.869. The third-order valence-corrected chi connectivity index (χ3v) is 4.88. The van der Waals surface area contributed by atoms with Gasteiger partial charge in [0, 0.05) is 16.6 Å². The van der Waals surface area contributed by atoms with E-state index in [1.165, 1.54) is 25.9 Å². The maximum absolute atomic E-state index is 12.8. The summed E-state index contributed by atoms with van der Waals surface area (Å²) in [7, 11) is 0. The molecule has 3 rings (SSSR count). The average Bonchev–Trinajstić information content (AvgIpc) is 2.46. The topological polar surface area (TPSA) is 37.3 Å². The Morgan fingerprint density at radius 1 is 1.24 bits per heavy atom. The van der Waals surface area contributed by atoms with Crippen molar-refractivity contribution in [1.29, 1.82) is 0 Å². The van der Waals surface area contributed by atoms with Crippen molar-refractivity contribution < 1.29 is 4.90 Å². The molecular weight excluding hydrogens is 260 g/mol. The number of aryl methyl sites for hydroxylation is 2. The van der Waals surface area contributed by atoms with Crippen molar-refractivity contribution in [2.75, 3.05) is 13.1 Å². The van der Waals surface area contributed by atoms with Crippen LogP contribution in [-0.4, -0.2) is 18.1 Å². The first-order chi connectivity index (χ1) is 10.0. The predicted octanol–water partition coefficient (Wildman–Crippen LogP) is 1.96. The summed E-state index contributed by atoms with van der Waals surface area (Å²) in [6, 6.07) is 6.07. The molecule has 0 spiro atoms. The van der Waals surface area contributed by atoms with Gasteiger partial charge in [0.2, 0.25) is 0 Å². The van der Waals surface area contributed by atoms with Crippen molar-refractivity contribution in [2.24, 2.45) is 5.92 Å². The summed E-state index contributed by atoms with van der Waals surface area (Å²) in [6.45, 7) is 9.63. The molecule has 0 bridgehead atoms. The number of nitrogens with one attached hydrogen (secondary N) is 2. The van der Waals surface area contributed by atoms with Crippen molar-refractivity contribution in [2.45, 2.75) is 40.2 Å². The van der Waals surface area contributed by atoms with Gasteiger partial charge in [0.25, 0.3) is 0 Å². The second kappa shape index (κ2) is 5.64. The fourth-order valence-corrected chi connectivity index (χ4v) is 3.38. The van der Waals surface area contributed by atoms with Gasteiger partial charge in [0.05, 0.1) is 18.7 Å². The standard InChI is InChI=1S/C18H24N2O/c1-12-6-8-20(9-7-12)11-16-14(3)19-17-5-4-13(2)10-15(17)18(16)21/h4-5,10,12H,6-9,11H2,1-3H3,(H,19,21)/p+1. The zero-order valence-electron chi connectivity index (χ0n) is 13.3. The lowest BCUT2D eigenvalue weighted by molar-refractivity contribution is -0.919. The molecule has 1 aliphatic rings. The SMILES string of the molecule is Cc1ccc2[nH]c(C)c(C[NH+]3CCC(C)CC3)c(=O)c2c1. The number of aromatic nitrogens is 1. The van der Waals surface area contributed by atoms with Crippen LogP contribution in [-0.2, 0) is 6.54 Å². The first-order valence-corrected chi connectivity index (χ1v) is 8.00. The molecule has 0 radical (unpaired) electrons. The van der Waals surface area contributed by atoms with E-state index in [2.05, 4.69) is 18.0 Å². The van der Waals surface area contributed by atoms with E-state index in [9.17, 15) is 4.79 Å². The van der Waals surface area contributed by atoms with E-state index in [0.29, 0.717) is 0 Å². The molecule has 0 amide bonds. The maximum Gasteiger partial charge on any atom is 0.198 e. The summed E-state index contributed by atoms with van der Waals surface area (Å²) in [5, 5.41) is 0.834. The van der Waals surface area contributed by atoms with Crippen molar-refractivity contribution in [3.05, 3.63) is 45.2 Å². The van der Waals surface area contributed by atoms with Gasteiger partial charge in [-0.15, -0.1) is 0 Å². The second-order valence-corrected chi connectivity index (χ2v) is 6.72. The van der Waals surface area contributed by atoms with Gasteiger partial charge in [-0.1, -0.05) is 18.6 Å². The number of fused-ring (bicyclic) bond motifs is 1. The van der Waals surface area contributed by atoms with Gasteiger partial charge in [-0.25, -0.2) is 0 Å². The lowest BCUT2D eigenvalue weighted by Crippen LogP contribution is -3.12. The Morgan fingerprint density at radius 2 is 1.95 bits per heavy atom. The molecule has 2 N–H and O–H groups in total. The Labute approximate surface area is 126 Å². The number of likely N-dealkylation sites (tertiary alicyclic amines) is 1. The highest BCUT2D eigenvalue weighted by molar-refractivity contribution is 5.80. The molecular formula is C18H25N2O+. The lowest BCUT2D eigenvalue weighted by Gasteiger charge is -2.27. The fourth-order valence-electron chi connectivity index (χ4n) is 3.38. The fraction of sp³-hybridized carbons (Fsp3) is 0.500. The molecule has 1 aliphatic heterocycles. The van der Waals surface area contributed by atoms with Crippen molar-refractivity contribution >= 4 is 10.9 Å². The van der Waals surface area contributed by atoms with Crippen LogP contribution in [0.25, 0.3) is 10.9 Å². The zero-order valence-corrected chi connectivity index (χ0v) is 13.3. The number of quaternary nitrogens is 1. The van der Waals surface area contributed by atoms with E-state index in [1.54, 1.807) is 4.90 Å². The van der Waals surface area contributed by atoms with Gasteiger partial charge < -0.3 is 9.88 Å². The molecule has 112 valence electrons. The summed E-state index contributed by atoms with van der Waals surface area (Å²) in [4.78, 5) is 17.8. The third-order valence-electron chi connectivity index (χ3n) is 4.88. The number of hydrogen-bond acceptors (Lipinski definition) is 1. The van der Waals surface area contributed by atoms with Gasteiger partial charge in [-0.3, -0.25) is 4.79 Å². The van der Waals surface area contributed by atoms with Crippen LogP contribution in [0.5, 0.6) is 0 Å². The van der Waals surface area contributed by atoms with Crippen molar-refractivity contribution in [3.8, 4) is 0 Å². The molecule has 0 aliphatic carbocycles. The summed E-state index contributed by atoms with van der Waals surface area (Å²) >= 11 is 0.